The summed E-state index contributed by atoms with van der Waals surface area (Å²) in [7, 11) is -3.03. The predicted octanol–water partition coefficient (Wildman–Crippen LogP) is 15.2. The number of amides is 6. The lowest BCUT2D eigenvalue weighted by atomic mass is 9.81. The molecule has 5 aliphatic rings. The molecule has 12 aromatic rings. The van der Waals surface area contributed by atoms with Crippen LogP contribution in [0.15, 0.2) is 80.0 Å². The molecule has 0 unspecified atom stereocenters. The molecular formula is C87H111BBrCl3N22O16S5Si2. The summed E-state index contributed by atoms with van der Waals surface area (Å²) in [5.74, 6) is 0. The van der Waals surface area contributed by atoms with Crippen molar-refractivity contribution in [2.75, 3.05) is 63.7 Å². The highest BCUT2D eigenvalue weighted by molar-refractivity contribution is 9.10. The molecule has 0 spiro atoms. The van der Waals surface area contributed by atoms with Gasteiger partial charge in [-0.05, 0) is 106 Å². The zero-order chi connectivity index (χ0) is 98.3. The quantitative estimate of drug-likeness (QED) is 0.0171. The van der Waals surface area contributed by atoms with Crippen molar-refractivity contribution in [1.29, 1.82) is 0 Å². The third-order valence-corrected chi connectivity index (χ3v) is 29.3. The molecule has 50 heteroatoms. The zero-order valence-corrected chi connectivity index (χ0v) is 87.9. The fourth-order valence-corrected chi connectivity index (χ4v) is 19.6. The second-order valence-electron chi connectivity index (χ2n) is 35.7. The average Bonchev–Trinajstić information content (AvgIpc) is 1.60. The molecule has 6 amide bonds. The zero-order valence-electron chi connectivity index (χ0n) is 77.9. The highest BCUT2D eigenvalue weighted by Crippen LogP contribution is 2.36. The summed E-state index contributed by atoms with van der Waals surface area (Å²) in [6.07, 6.45) is 5.77. The molecule has 0 fully saturated rings. The lowest BCUT2D eigenvalue weighted by molar-refractivity contribution is 0.0208. The summed E-state index contributed by atoms with van der Waals surface area (Å²) in [6, 6.07) is 15.9. The number of carbonyl (C=O) groups excluding carboxylic acids is 8. The van der Waals surface area contributed by atoms with E-state index in [-0.39, 0.29) is 56.0 Å². The molecule has 5 aliphatic heterocycles. The number of aromatic nitrogens is 15. The Morgan fingerprint density at radius 2 is 0.912 bits per heavy atom. The van der Waals surface area contributed by atoms with Crippen molar-refractivity contribution in [3.05, 3.63) is 171 Å². The van der Waals surface area contributed by atoms with Crippen molar-refractivity contribution in [2.45, 2.75) is 189 Å². The van der Waals surface area contributed by atoms with Gasteiger partial charge in [0.1, 0.15) is 79.8 Å². The highest BCUT2D eigenvalue weighted by atomic mass is 79.9. The van der Waals surface area contributed by atoms with Crippen LogP contribution >= 0.6 is 108 Å². The van der Waals surface area contributed by atoms with Gasteiger partial charge < -0.3 is 74.8 Å². The standard InChI is InChI=1S/C21H32N4O4SSi.C17H32BN3O5Si.C17H16ClN5O2S.C17H14ClN5O2S.C10H10N4OS.C4H2BrNOS.CH4O.ClH/c1-21(2,3)29-20(27)24-8-7-17-15(11-24)19(16-13-30-18(12-26)22-16)23-25(17)14-28-9-10-31(4,5)6;1-17(2,3)26-16(22)20-8-7-14-13(11-20)15(18(23)24)19-21(14)12-25-9-10-27(4,5)6;2*18-10-2-1-3-11(6-10)19-17(25)23-5-4-13-12(7-23)16(22-21-13)14-9-26-15(8-24)20-14;15-4-9-12-8(5-16-9)10-6-3-11-2-1-7(6)13-14-10;5-3-2-8-4(1-7)6-3;1-2;/h12-13H,7-11,14H2,1-6H3;23-24H,7-12H2,1-6H3;1-3,6,9,24H,4-5,7-8H2,(H,19,25)(H,21,22);1-3,6,8-9H,4-5,7H2,(H,19,25)(H,21,22);4-5,11H,1-3H2,(H,13,14);1-2H;2H,1H3;1H. The van der Waals surface area contributed by atoms with Crippen LogP contribution in [-0.4, -0.2) is 252 Å². The molecule has 10 N–H and O–H groups in total. The van der Waals surface area contributed by atoms with Crippen LogP contribution in [0.2, 0.25) is 61.4 Å². The van der Waals surface area contributed by atoms with Crippen LogP contribution in [0.1, 0.15) is 142 Å². The molecule has 0 radical (unpaired) electrons. The van der Waals surface area contributed by atoms with Crippen LogP contribution in [0.5, 0.6) is 0 Å². The first-order chi connectivity index (χ1) is 64.8. The summed E-state index contributed by atoms with van der Waals surface area (Å²) in [5, 5.41) is 88.5. The maximum Gasteiger partial charge on any atom is 0.510 e. The number of aliphatic hydroxyl groups excluding tert-OH is 2. The maximum atomic E-state index is 12.6. The van der Waals surface area contributed by atoms with Crippen molar-refractivity contribution >= 4 is 198 Å². The lowest BCUT2D eigenvalue weighted by Crippen LogP contribution is -2.43. The minimum atomic E-state index is -1.69. The third kappa shape index (κ3) is 31.2. The SMILES string of the molecule is CC(C)(C)OC(=O)N1CCc2c(c(-c3csc(C=O)n3)nn2COCC[Si](C)(C)C)C1.CC(C)(C)OC(=O)N1CCc2c(c(B(O)O)nn2COCC[Si](C)(C)C)C1.CO.Cl.O=C(Nc1cccc(Cl)c1)N1CCc2[nH]nc(-c3csc(CO)n3)c2C1.O=Cc1nc(-c2n[nH]c3c2CN(C(=O)Nc2cccc(Cl)c2)CC3)cs1.O=Cc1nc(-c2n[nH]c3c2CNCC3)cs1.O=Cc1nc(Br)cs1. The molecule has 0 aliphatic carbocycles. The molecule has 0 saturated heterocycles. The first-order valence-electron chi connectivity index (χ1n) is 43.3. The van der Waals surface area contributed by atoms with E-state index in [0.717, 1.165) is 125 Å². The molecule has 15 heterocycles. The van der Waals surface area contributed by atoms with E-state index in [1.54, 1.807) is 83.6 Å². The first kappa shape index (κ1) is 109. The Balaban J connectivity index is 0.000000173. The van der Waals surface area contributed by atoms with Crippen LogP contribution in [-0.2, 0) is 104 Å². The summed E-state index contributed by atoms with van der Waals surface area (Å²) < 4.78 is 27.0. The molecule has 734 valence electrons. The molecule has 137 heavy (non-hydrogen) atoms. The second-order valence-corrected chi connectivity index (χ2v) is 53.1. The van der Waals surface area contributed by atoms with Crippen molar-refractivity contribution in [3.63, 3.8) is 0 Å². The second kappa shape index (κ2) is 50.2. The Morgan fingerprint density at radius 1 is 0.518 bits per heavy atom. The number of nitrogens with zero attached hydrogens (tertiary/aromatic N) is 16. The predicted molar refractivity (Wildman–Crippen MR) is 541 cm³/mol. The smallest absolute Gasteiger partial charge is 0.444 e. The number of carbonyl (C=O) groups is 8. The number of ether oxygens (including phenoxy) is 4. The van der Waals surface area contributed by atoms with Crippen LogP contribution in [0.4, 0.5) is 30.6 Å². The number of fused-ring (bicyclic) bond motifs is 5. The van der Waals surface area contributed by atoms with E-state index in [9.17, 15) is 53.5 Å². The van der Waals surface area contributed by atoms with Gasteiger partial charge in [0, 0.05) is 212 Å². The largest absolute Gasteiger partial charge is 0.510 e. The number of hydrogen-bond acceptors (Lipinski definition) is 32. The summed E-state index contributed by atoms with van der Waals surface area (Å²) in [5.41, 5.74) is 15.9. The van der Waals surface area contributed by atoms with E-state index in [1.165, 1.54) is 67.9 Å². The van der Waals surface area contributed by atoms with Crippen LogP contribution < -0.4 is 21.5 Å². The van der Waals surface area contributed by atoms with Gasteiger partial charge in [-0.3, -0.25) is 34.5 Å². The fourth-order valence-electron chi connectivity index (χ4n) is 14.2. The normalized spacial score (nSPS) is 13.6. The van der Waals surface area contributed by atoms with E-state index in [0.29, 0.717) is 172 Å². The lowest BCUT2D eigenvalue weighted by Gasteiger charge is -2.30. The number of urea groups is 2. The van der Waals surface area contributed by atoms with Crippen LogP contribution in [0.25, 0.3) is 45.6 Å². The van der Waals surface area contributed by atoms with E-state index < -0.39 is 40.6 Å². The number of aromatic amines is 3. The Kier molecular flexibility index (Phi) is 39.9. The van der Waals surface area contributed by atoms with Gasteiger partial charge in [-0.2, -0.15) is 25.5 Å². The summed E-state index contributed by atoms with van der Waals surface area (Å²) in [6.45, 7) is 32.3. The maximum absolute atomic E-state index is 12.6. The molecule has 0 saturated carbocycles. The Bertz CT molecular complexity index is 6090. The number of anilines is 2. The number of halogens is 4. The molecular weight excluding hydrogens is 2020 g/mol. The number of benzene rings is 2. The number of thiazole rings is 5. The monoisotopic (exact) mass is 2130 g/mol. The van der Waals surface area contributed by atoms with Crippen molar-refractivity contribution in [3.8, 4) is 45.6 Å². The van der Waals surface area contributed by atoms with Gasteiger partial charge in [0.15, 0.2) is 45.2 Å². The molecule has 38 nitrogen and oxygen atoms in total. The van der Waals surface area contributed by atoms with Gasteiger partial charge in [-0.1, -0.05) is 74.6 Å². The van der Waals surface area contributed by atoms with Gasteiger partial charge >= 0.3 is 31.4 Å². The summed E-state index contributed by atoms with van der Waals surface area (Å²) in [4.78, 5) is 120. The van der Waals surface area contributed by atoms with Gasteiger partial charge in [-0.25, -0.2) is 53.5 Å². The average molecular weight is 2130 g/mol. The molecule has 10 aromatic heterocycles. The Morgan fingerprint density at radius 3 is 1.31 bits per heavy atom. The van der Waals surface area contributed by atoms with Gasteiger partial charge in [0.2, 0.25) is 0 Å². The minimum Gasteiger partial charge on any atom is -0.444 e. The van der Waals surface area contributed by atoms with Crippen molar-refractivity contribution < 1.29 is 77.6 Å². The number of aldehydes is 4. The Labute approximate surface area is 838 Å². The number of rotatable bonds is 22. The highest BCUT2D eigenvalue weighted by Gasteiger charge is 2.37. The molecule has 0 bridgehead atoms. The molecule has 0 atom stereocenters. The van der Waals surface area contributed by atoms with Gasteiger partial charge in [0.25, 0.3) is 0 Å². The van der Waals surface area contributed by atoms with E-state index in [1.807, 2.05) is 62.4 Å². The number of H-pyrrole nitrogens is 3. The molecule has 2 aromatic carbocycles. The Hall–Kier alpha value is -10.0. The van der Waals surface area contributed by atoms with Crippen molar-refractivity contribution in [2.24, 2.45) is 0 Å². The van der Waals surface area contributed by atoms with E-state index >= 15 is 0 Å². The topological polar surface area (TPSA) is 490 Å². The first-order valence-corrected chi connectivity index (χ1v) is 56.6. The summed E-state index contributed by atoms with van der Waals surface area (Å²) >= 11 is 21.7. The van der Waals surface area contributed by atoms with E-state index in [2.05, 4.69) is 132 Å². The van der Waals surface area contributed by atoms with Crippen LogP contribution in [0, 0.1) is 0 Å². The van der Waals surface area contributed by atoms with Crippen LogP contribution in [0.3, 0.4) is 0 Å². The number of nitrogens with one attached hydrogen (secondary N) is 6. The minimum absolute atomic E-state index is 0. The third-order valence-electron chi connectivity index (χ3n) is 20.8. The van der Waals surface area contributed by atoms with Crippen molar-refractivity contribution in [1.82, 2.24) is 100.0 Å². The number of hydrogen-bond donors (Lipinski definition) is 10. The molecule has 17 rings (SSSR count). The fraction of sp³-hybridized carbons (Fsp3) is 0.425. The van der Waals surface area contributed by atoms with Gasteiger partial charge in [0.05, 0.1) is 38.4 Å². The van der Waals surface area contributed by atoms with E-state index in [4.69, 9.17) is 52.4 Å². The van der Waals surface area contributed by atoms with Gasteiger partial charge in [-0.15, -0.1) is 69.1 Å². The number of aliphatic hydroxyl groups is 2.